The van der Waals surface area contributed by atoms with Crippen LogP contribution in [0.15, 0.2) is 24.5 Å². The van der Waals surface area contributed by atoms with Crippen molar-refractivity contribution < 1.29 is 9.18 Å². The highest BCUT2D eigenvalue weighted by atomic mass is 35.5. The lowest BCUT2D eigenvalue weighted by molar-refractivity contribution is -0.122. The van der Waals surface area contributed by atoms with Crippen molar-refractivity contribution in [3.05, 3.63) is 52.2 Å². The van der Waals surface area contributed by atoms with E-state index in [1.165, 1.54) is 12.1 Å². The van der Waals surface area contributed by atoms with E-state index in [0.717, 1.165) is 22.8 Å². The van der Waals surface area contributed by atoms with Gasteiger partial charge in [-0.2, -0.15) is 0 Å². The Balaban J connectivity index is 1.51. The molecule has 0 unspecified atom stereocenters. The molecule has 0 bridgehead atoms. The first-order chi connectivity index (χ1) is 13.3. The van der Waals surface area contributed by atoms with E-state index in [1.807, 2.05) is 18.7 Å². The van der Waals surface area contributed by atoms with Gasteiger partial charge in [-0.05, 0) is 38.0 Å². The van der Waals surface area contributed by atoms with Crippen molar-refractivity contribution in [1.82, 2.24) is 15.3 Å². The summed E-state index contributed by atoms with van der Waals surface area (Å²) in [4.78, 5) is 21.0. The number of hydrogen-bond acceptors (Lipinski definition) is 6. The van der Waals surface area contributed by atoms with E-state index in [4.69, 9.17) is 17.3 Å². The lowest BCUT2D eigenvalue weighted by Crippen LogP contribution is -2.45. The number of hydrogen-bond donors (Lipinski definition) is 3. The van der Waals surface area contributed by atoms with Gasteiger partial charge < -0.3 is 16.4 Å². The fourth-order valence-corrected chi connectivity index (χ4v) is 4.23. The van der Waals surface area contributed by atoms with Gasteiger partial charge in [-0.3, -0.25) is 4.79 Å². The number of carbonyl (C=O) groups is 1. The summed E-state index contributed by atoms with van der Waals surface area (Å²) < 4.78 is 13.5. The molecule has 9 heteroatoms. The molecule has 1 aromatic carbocycles. The van der Waals surface area contributed by atoms with Crippen molar-refractivity contribution in [2.75, 3.05) is 11.9 Å². The highest BCUT2D eigenvalue weighted by molar-refractivity contribution is 7.99. The first-order valence-electron chi connectivity index (χ1n) is 9.04. The van der Waals surface area contributed by atoms with E-state index in [9.17, 15) is 9.18 Å². The van der Waals surface area contributed by atoms with Crippen LogP contribution in [0.4, 0.5) is 10.2 Å². The van der Waals surface area contributed by atoms with Crippen molar-refractivity contribution in [3.63, 3.8) is 0 Å². The Morgan fingerprint density at radius 3 is 3.00 bits per heavy atom. The fourth-order valence-electron chi connectivity index (χ4n) is 3.06. The van der Waals surface area contributed by atoms with Gasteiger partial charge in [0, 0.05) is 29.2 Å². The Bertz CT molecular complexity index is 868. The number of halogens is 2. The minimum absolute atomic E-state index is 0.0408. The largest absolute Gasteiger partial charge is 0.365 e. The molecular weight excluding hydrogens is 401 g/mol. The number of thioether (sulfide) groups is 1. The molecule has 0 radical (unpaired) electrons. The molecule has 4 N–H and O–H groups in total. The molecule has 2 aromatic rings. The molecular formula is C19H23ClFN5OS. The number of nitrogens with zero attached hydrogens (tertiary/aromatic N) is 2. The zero-order valence-corrected chi connectivity index (χ0v) is 17.3. The third-order valence-corrected chi connectivity index (χ3v) is 6.07. The molecule has 1 aliphatic rings. The zero-order valence-electron chi connectivity index (χ0n) is 15.7. The molecule has 0 aliphatic carbocycles. The molecule has 28 heavy (non-hydrogen) atoms. The Hall–Kier alpha value is -1.90. The maximum Gasteiger partial charge on any atom is 0.237 e. The summed E-state index contributed by atoms with van der Waals surface area (Å²) in [7, 11) is 0. The second kappa shape index (κ2) is 9.07. The number of aromatic nitrogens is 2. The average Bonchev–Trinajstić information content (AvgIpc) is 3.05. The van der Waals surface area contributed by atoms with Gasteiger partial charge in [-0.1, -0.05) is 17.7 Å². The molecule has 6 nitrogen and oxygen atoms in total. The van der Waals surface area contributed by atoms with Crippen LogP contribution in [0.1, 0.15) is 35.9 Å². The summed E-state index contributed by atoms with van der Waals surface area (Å²) in [5.74, 6) is 0.888. The van der Waals surface area contributed by atoms with E-state index in [-0.39, 0.29) is 23.4 Å². The third kappa shape index (κ3) is 4.92. The summed E-state index contributed by atoms with van der Waals surface area (Å²) >= 11 is 7.50. The quantitative estimate of drug-likeness (QED) is 0.633. The van der Waals surface area contributed by atoms with Crippen LogP contribution < -0.4 is 16.4 Å². The molecule has 1 aliphatic heterocycles. The lowest BCUT2D eigenvalue weighted by Gasteiger charge is -2.19. The smallest absolute Gasteiger partial charge is 0.237 e. The Kier molecular flexibility index (Phi) is 6.74. The van der Waals surface area contributed by atoms with Crippen LogP contribution in [0.5, 0.6) is 0 Å². The Morgan fingerprint density at radius 1 is 1.46 bits per heavy atom. The van der Waals surface area contributed by atoms with Gasteiger partial charge in [0.1, 0.15) is 18.0 Å². The SMILES string of the molecule is C[C@@H]1SCc2ncnc(N[C@@H](C)CNC(=O)[C@H](N)Cc3ccc(Cl)c(F)c3)c21. The van der Waals surface area contributed by atoms with Crippen LogP contribution >= 0.6 is 23.4 Å². The van der Waals surface area contributed by atoms with Crippen LogP contribution in [0.25, 0.3) is 0 Å². The standard InChI is InChI=1S/C19H23ClFN5OS/c1-10(26-18-17-11(2)28-8-16(17)24-9-25-18)7-23-19(27)15(22)6-12-3-4-13(20)14(21)5-12/h3-5,9-11,15H,6-8,22H2,1-2H3,(H,23,27)(H,24,25,26)/t10-,11-,15+/m0/s1. The second-order valence-corrected chi connectivity index (χ2v) is 8.62. The molecule has 1 amide bonds. The van der Waals surface area contributed by atoms with Crippen LogP contribution in [0.3, 0.4) is 0 Å². The molecule has 2 heterocycles. The van der Waals surface area contributed by atoms with Gasteiger partial charge in [0.15, 0.2) is 0 Å². The predicted molar refractivity (Wildman–Crippen MR) is 111 cm³/mol. The first kappa shape index (κ1) is 20.8. The van der Waals surface area contributed by atoms with Gasteiger partial charge in [0.2, 0.25) is 5.91 Å². The van der Waals surface area contributed by atoms with E-state index in [2.05, 4.69) is 27.5 Å². The van der Waals surface area contributed by atoms with Crippen molar-refractivity contribution in [3.8, 4) is 0 Å². The number of carbonyl (C=O) groups excluding carboxylic acids is 1. The zero-order chi connectivity index (χ0) is 20.3. The number of nitrogens with two attached hydrogens (primary N) is 1. The number of fused-ring (bicyclic) bond motifs is 1. The van der Waals surface area contributed by atoms with Gasteiger partial charge in [-0.15, -0.1) is 11.8 Å². The van der Waals surface area contributed by atoms with Gasteiger partial charge in [0.25, 0.3) is 0 Å². The lowest BCUT2D eigenvalue weighted by atomic mass is 10.1. The molecule has 0 fully saturated rings. The normalized spacial score (nSPS) is 17.7. The first-order valence-corrected chi connectivity index (χ1v) is 10.5. The topological polar surface area (TPSA) is 92.9 Å². The van der Waals surface area contributed by atoms with Crippen molar-refractivity contribution in [1.29, 1.82) is 0 Å². The Morgan fingerprint density at radius 2 is 2.25 bits per heavy atom. The summed E-state index contributed by atoms with van der Waals surface area (Å²) in [5, 5.41) is 6.57. The number of amides is 1. The number of benzene rings is 1. The van der Waals surface area contributed by atoms with E-state index in [0.29, 0.717) is 17.4 Å². The van der Waals surface area contributed by atoms with Gasteiger partial charge in [0.05, 0.1) is 16.8 Å². The molecule has 3 atom stereocenters. The molecule has 0 spiro atoms. The molecule has 0 saturated carbocycles. The fraction of sp³-hybridized carbons (Fsp3) is 0.421. The number of anilines is 1. The van der Waals surface area contributed by atoms with Gasteiger partial charge in [-0.25, -0.2) is 14.4 Å². The van der Waals surface area contributed by atoms with Crippen molar-refractivity contribution in [2.24, 2.45) is 5.73 Å². The minimum atomic E-state index is -0.771. The summed E-state index contributed by atoms with van der Waals surface area (Å²) in [5.41, 5.74) is 8.77. The number of rotatable bonds is 7. The van der Waals surface area contributed by atoms with Crippen molar-refractivity contribution >= 4 is 35.1 Å². The number of nitrogens with one attached hydrogen (secondary N) is 2. The van der Waals surface area contributed by atoms with Gasteiger partial charge >= 0.3 is 0 Å². The molecule has 0 saturated heterocycles. The van der Waals surface area contributed by atoms with Crippen LogP contribution in [-0.4, -0.2) is 34.5 Å². The monoisotopic (exact) mass is 423 g/mol. The summed E-state index contributed by atoms with van der Waals surface area (Å²) in [6, 6.07) is 3.61. The highest BCUT2D eigenvalue weighted by Gasteiger charge is 2.25. The van der Waals surface area contributed by atoms with Crippen LogP contribution in [0.2, 0.25) is 5.02 Å². The molecule has 150 valence electrons. The highest BCUT2D eigenvalue weighted by Crippen LogP contribution is 2.43. The van der Waals surface area contributed by atoms with Crippen molar-refractivity contribution in [2.45, 2.75) is 43.4 Å². The summed E-state index contributed by atoms with van der Waals surface area (Å²) in [6.07, 6.45) is 1.79. The van der Waals surface area contributed by atoms with E-state index < -0.39 is 11.9 Å². The minimum Gasteiger partial charge on any atom is -0.365 e. The summed E-state index contributed by atoms with van der Waals surface area (Å²) in [6.45, 7) is 4.49. The average molecular weight is 424 g/mol. The second-order valence-electron chi connectivity index (χ2n) is 6.89. The van der Waals surface area contributed by atoms with Crippen LogP contribution in [0, 0.1) is 5.82 Å². The van der Waals surface area contributed by atoms with E-state index in [1.54, 1.807) is 12.4 Å². The maximum atomic E-state index is 13.5. The third-order valence-electron chi connectivity index (χ3n) is 4.59. The molecule has 1 aromatic heterocycles. The van der Waals surface area contributed by atoms with E-state index >= 15 is 0 Å². The van der Waals surface area contributed by atoms with Crippen LogP contribution in [-0.2, 0) is 17.0 Å². The molecule has 3 rings (SSSR count). The maximum absolute atomic E-state index is 13.5. The Labute approximate surface area is 172 Å². The predicted octanol–water partition coefficient (Wildman–Crippen LogP) is 3.06.